The van der Waals surface area contributed by atoms with Gasteiger partial charge in [-0.05, 0) is 19.1 Å². The van der Waals surface area contributed by atoms with Crippen LogP contribution < -0.4 is 20.9 Å². The number of hydrogen-bond acceptors (Lipinski definition) is 5. The minimum Gasteiger partial charge on any atom is -0.494 e. The van der Waals surface area contributed by atoms with Crippen LogP contribution in [0.4, 0.5) is 5.69 Å². The molecule has 4 N–H and O–H groups in total. The molecule has 0 saturated carbocycles. The number of nitrogens with two attached hydrogens (primary N) is 2. The van der Waals surface area contributed by atoms with Crippen molar-refractivity contribution >= 4 is 5.69 Å². The van der Waals surface area contributed by atoms with Crippen molar-refractivity contribution in [3.05, 3.63) is 65.0 Å². The summed E-state index contributed by atoms with van der Waals surface area (Å²) >= 11 is 0. The van der Waals surface area contributed by atoms with Gasteiger partial charge >= 0.3 is 0 Å². The molecule has 0 unspecified atom stereocenters. The molecule has 0 amide bonds. The lowest BCUT2D eigenvalue weighted by molar-refractivity contribution is 0.334. The number of nitriles is 1. The molecule has 0 aromatic heterocycles. The number of hydrogen-bond donors (Lipinski definition) is 2. The predicted molar refractivity (Wildman–Crippen MR) is 87.8 cm³/mol. The fourth-order valence-corrected chi connectivity index (χ4v) is 2.80. The maximum absolute atomic E-state index is 9.56. The molecule has 0 radical (unpaired) electrons. The summed E-state index contributed by atoms with van der Waals surface area (Å²) in [6.07, 6.45) is 0. The van der Waals surface area contributed by atoms with Gasteiger partial charge in [0.05, 0.1) is 12.5 Å². The highest BCUT2D eigenvalue weighted by Gasteiger charge is 2.32. The smallest absolute Gasteiger partial charge is 0.205 e. The van der Waals surface area contributed by atoms with E-state index < -0.39 is 0 Å². The molecule has 0 bridgehead atoms. The van der Waals surface area contributed by atoms with Crippen LogP contribution in [0.25, 0.3) is 0 Å². The van der Waals surface area contributed by atoms with Gasteiger partial charge in [-0.25, -0.2) is 0 Å². The van der Waals surface area contributed by atoms with Crippen LogP contribution in [0.2, 0.25) is 0 Å². The van der Waals surface area contributed by atoms with E-state index in [9.17, 15) is 5.26 Å². The second kappa shape index (κ2) is 5.93. The van der Waals surface area contributed by atoms with Crippen LogP contribution in [0.5, 0.6) is 11.5 Å². The van der Waals surface area contributed by atoms with Crippen molar-refractivity contribution in [1.82, 2.24) is 0 Å². The molecule has 1 atom stereocenters. The fraction of sp³-hybridized carbons (Fsp3) is 0.167. The van der Waals surface area contributed by atoms with E-state index in [1.165, 1.54) is 0 Å². The Morgan fingerprint density at radius 2 is 1.96 bits per heavy atom. The lowest BCUT2D eigenvalue weighted by Gasteiger charge is -2.27. The third-order valence-corrected chi connectivity index (χ3v) is 3.77. The van der Waals surface area contributed by atoms with Crippen LogP contribution in [0.15, 0.2) is 53.9 Å². The molecule has 5 heteroatoms. The predicted octanol–water partition coefficient (Wildman–Crippen LogP) is 2.89. The number of allylic oxidation sites excluding steroid dienone is 1. The summed E-state index contributed by atoms with van der Waals surface area (Å²) in [7, 11) is 0. The topological polar surface area (TPSA) is 94.3 Å². The number of nitrogens with zero attached hydrogens (tertiary/aromatic N) is 1. The maximum atomic E-state index is 9.56. The molecule has 116 valence electrons. The third-order valence-electron chi connectivity index (χ3n) is 3.77. The fourth-order valence-electron chi connectivity index (χ4n) is 2.80. The number of nitrogen functional groups attached to an aromatic ring is 1. The maximum Gasteiger partial charge on any atom is 0.205 e. The first kappa shape index (κ1) is 14.8. The van der Waals surface area contributed by atoms with E-state index in [2.05, 4.69) is 6.07 Å². The molecule has 1 aliphatic rings. The molecular formula is C18H17N3O2. The Labute approximate surface area is 134 Å². The lowest BCUT2D eigenvalue weighted by atomic mass is 9.83. The largest absolute Gasteiger partial charge is 0.494 e. The second-order valence-corrected chi connectivity index (χ2v) is 5.19. The molecule has 0 saturated heterocycles. The van der Waals surface area contributed by atoms with Gasteiger partial charge in [0.1, 0.15) is 23.1 Å². The summed E-state index contributed by atoms with van der Waals surface area (Å²) in [6, 6.07) is 15.2. The van der Waals surface area contributed by atoms with E-state index in [0.29, 0.717) is 23.6 Å². The molecular weight excluding hydrogens is 290 g/mol. The van der Waals surface area contributed by atoms with E-state index in [1.807, 2.05) is 37.3 Å². The van der Waals surface area contributed by atoms with Gasteiger partial charge in [-0.2, -0.15) is 5.26 Å². The highest BCUT2D eigenvalue weighted by atomic mass is 16.5. The van der Waals surface area contributed by atoms with Gasteiger partial charge < -0.3 is 20.9 Å². The van der Waals surface area contributed by atoms with Crippen molar-refractivity contribution in [3.63, 3.8) is 0 Å². The lowest BCUT2D eigenvalue weighted by Crippen LogP contribution is -2.21. The Hall–Kier alpha value is -3.13. The summed E-state index contributed by atoms with van der Waals surface area (Å²) < 4.78 is 11.3. The van der Waals surface area contributed by atoms with Crippen molar-refractivity contribution in [2.75, 3.05) is 12.3 Å². The van der Waals surface area contributed by atoms with E-state index in [1.54, 1.807) is 12.1 Å². The van der Waals surface area contributed by atoms with Crippen molar-refractivity contribution < 1.29 is 9.47 Å². The zero-order chi connectivity index (χ0) is 16.4. The SMILES string of the molecule is CCOc1ccccc1[C@@H]1C(C#N)=C(N)Oc2cc(N)ccc21. The molecule has 2 aromatic rings. The van der Waals surface area contributed by atoms with Crippen molar-refractivity contribution in [2.24, 2.45) is 5.73 Å². The van der Waals surface area contributed by atoms with Crippen LogP contribution in [-0.2, 0) is 0 Å². The van der Waals surface area contributed by atoms with Gasteiger partial charge in [0.25, 0.3) is 0 Å². The Morgan fingerprint density at radius 3 is 2.70 bits per heavy atom. The van der Waals surface area contributed by atoms with Crippen molar-refractivity contribution in [2.45, 2.75) is 12.8 Å². The Bertz CT molecular complexity index is 821. The Kier molecular flexibility index (Phi) is 3.82. The number of benzene rings is 2. The minimum absolute atomic E-state index is 0.0990. The minimum atomic E-state index is -0.341. The van der Waals surface area contributed by atoms with E-state index >= 15 is 0 Å². The van der Waals surface area contributed by atoms with E-state index in [0.717, 1.165) is 16.9 Å². The molecule has 3 rings (SSSR count). The van der Waals surface area contributed by atoms with Crippen LogP contribution in [0, 0.1) is 11.3 Å². The summed E-state index contributed by atoms with van der Waals surface area (Å²) in [6.45, 7) is 2.46. The average molecular weight is 307 g/mol. The zero-order valence-electron chi connectivity index (χ0n) is 12.7. The molecule has 1 heterocycles. The van der Waals surface area contributed by atoms with Gasteiger partial charge in [-0.15, -0.1) is 0 Å². The number of rotatable bonds is 3. The van der Waals surface area contributed by atoms with Gasteiger partial charge in [0.15, 0.2) is 0 Å². The van der Waals surface area contributed by atoms with Crippen LogP contribution in [0.3, 0.4) is 0 Å². The zero-order valence-corrected chi connectivity index (χ0v) is 12.7. The first-order chi connectivity index (χ1) is 11.2. The number of fused-ring (bicyclic) bond motifs is 1. The normalized spacial score (nSPS) is 16.3. The highest BCUT2D eigenvalue weighted by molar-refractivity contribution is 5.61. The summed E-state index contributed by atoms with van der Waals surface area (Å²) in [5.41, 5.74) is 14.5. The molecule has 0 aliphatic carbocycles. The van der Waals surface area contributed by atoms with Crippen LogP contribution in [-0.4, -0.2) is 6.61 Å². The van der Waals surface area contributed by atoms with Crippen molar-refractivity contribution in [3.8, 4) is 17.6 Å². The van der Waals surface area contributed by atoms with Gasteiger partial charge in [0, 0.05) is 22.9 Å². The van der Waals surface area contributed by atoms with Crippen LogP contribution >= 0.6 is 0 Å². The highest BCUT2D eigenvalue weighted by Crippen LogP contribution is 2.45. The third kappa shape index (κ3) is 2.55. The average Bonchev–Trinajstić information content (AvgIpc) is 2.54. The van der Waals surface area contributed by atoms with Gasteiger partial charge in [-0.3, -0.25) is 0 Å². The molecule has 23 heavy (non-hydrogen) atoms. The van der Waals surface area contributed by atoms with Gasteiger partial charge in [-0.1, -0.05) is 24.3 Å². The number of anilines is 1. The number of para-hydroxylation sites is 1. The summed E-state index contributed by atoms with van der Waals surface area (Å²) in [5.74, 6) is 1.05. The molecule has 2 aromatic carbocycles. The molecule has 0 fully saturated rings. The standard InChI is InChI=1S/C18H17N3O2/c1-2-22-15-6-4-3-5-12(15)17-13-8-7-11(20)9-16(13)23-18(21)14(17)10-19/h3-9,17H,2,20-21H2,1H3/t17-/m0/s1. The van der Waals surface area contributed by atoms with Gasteiger partial charge in [0.2, 0.25) is 5.88 Å². The second-order valence-electron chi connectivity index (χ2n) is 5.19. The number of ether oxygens (including phenoxy) is 2. The summed E-state index contributed by atoms with van der Waals surface area (Å²) in [5, 5.41) is 9.56. The quantitative estimate of drug-likeness (QED) is 0.850. The van der Waals surface area contributed by atoms with E-state index in [4.69, 9.17) is 20.9 Å². The summed E-state index contributed by atoms with van der Waals surface area (Å²) in [4.78, 5) is 0. The Balaban J connectivity index is 2.23. The molecule has 1 aliphatic heterocycles. The molecule has 5 nitrogen and oxygen atoms in total. The van der Waals surface area contributed by atoms with E-state index in [-0.39, 0.29) is 11.8 Å². The first-order valence-corrected chi connectivity index (χ1v) is 7.34. The monoisotopic (exact) mass is 307 g/mol. The Morgan fingerprint density at radius 1 is 1.17 bits per heavy atom. The van der Waals surface area contributed by atoms with Crippen LogP contribution in [0.1, 0.15) is 24.0 Å². The first-order valence-electron chi connectivity index (χ1n) is 7.34. The molecule has 0 spiro atoms. The van der Waals surface area contributed by atoms with Crippen molar-refractivity contribution in [1.29, 1.82) is 5.26 Å².